The van der Waals surface area contributed by atoms with E-state index in [1.807, 2.05) is 0 Å². The molecule has 3 heteroatoms. The van der Waals surface area contributed by atoms with Crippen LogP contribution in [0.5, 0.6) is 0 Å². The fraction of sp³-hybridized carbons (Fsp3) is 0.929. The zero-order valence-corrected chi connectivity index (χ0v) is 11.1. The summed E-state index contributed by atoms with van der Waals surface area (Å²) in [5.74, 6) is 1.20. The second-order valence-corrected chi connectivity index (χ2v) is 6.69. The molecule has 0 radical (unpaired) electrons. The van der Waals surface area contributed by atoms with Crippen LogP contribution in [0.3, 0.4) is 0 Å². The standard InChI is InChI=1S/C14H24N2O/c1-13(2)11-3-4-14(13,12(17)9-11)10-16-7-5-15-6-8-16/h11,15H,3-10H2,1-2H3. The largest absolute Gasteiger partial charge is 0.314 e. The highest BCUT2D eigenvalue weighted by atomic mass is 16.1. The molecular weight excluding hydrogens is 212 g/mol. The molecule has 2 saturated carbocycles. The molecule has 0 aromatic heterocycles. The number of nitrogens with zero attached hydrogens (tertiary/aromatic N) is 1. The molecule has 17 heavy (non-hydrogen) atoms. The molecule has 3 nitrogen and oxygen atoms in total. The second kappa shape index (κ2) is 3.79. The van der Waals surface area contributed by atoms with Gasteiger partial charge in [0.05, 0.1) is 0 Å². The number of piperazine rings is 1. The van der Waals surface area contributed by atoms with Gasteiger partial charge in [0, 0.05) is 44.6 Å². The monoisotopic (exact) mass is 236 g/mol. The molecule has 1 aliphatic heterocycles. The predicted octanol–water partition coefficient (Wildman–Crippen LogP) is 1.29. The van der Waals surface area contributed by atoms with E-state index in [1.54, 1.807) is 0 Å². The lowest BCUT2D eigenvalue weighted by Gasteiger charge is -2.41. The maximum absolute atomic E-state index is 12.4. The Bertz CT molecular complexity index is 333. The number of carbonyl (C=O) groups is 1. The maximum Gasteiger partial charge on any atom is 0.141 e. The van der Waals surface area contributed by atoms with Crippen LogP contribution in [0.15, 0.2) is 0 Å². The van der Waals surface area contributed by atoms with Crippen molar-refractivity contribution in [3.05, 3.63) is 0 Å². The van der Waals surface area contributed by atoms with Gasteiger partial charge in [0.2, 0.25) is 0 Å². The van der Waals surface area contributed by atoms with Crippen molar-refractivity contribution in [2.75, 3.05) is 32.7 Å². The molecule has 2 unspecified atom stereocenters. The van der Waals surface area contributed by atoms with E-state index in [1.165, 1.54) is 6.42 Å². The summed E-state index contributed by atoms with van der Waals surface area (Å²) in [7, 11) is 0. The third-order valence-electron chi connectivity index (χ3n) is 5.84. The Kier molecular flexibility index (Phi) is 2.60. The molecule has 0 aromatic carbocycles. The van der Waals surface area contributed by atoms with Crippen molar-refractivity contribution in [2.45, 2.75) is 33.1 Å². The average molecular weight is 236 g/mol. The first kappa shape index (κ1) is 11.7. The van der Waals surface area contributed by atoms with E-state index in [2.05, 4.69) is 24.1 Å². The molecular formula is C14H24N2O. The molecule has 2 aliphatic carbocycles. The Labute approximate surface area is 104 Å². The van der Waals surface area contributed by atoms with Gasteiger partial charge in [-0.25, -0.2) is 0 Å². The van der Waals surface area contributed by atoms with Crippen LogP contribution >= 0.6 is 0 Å². The van der Waals surface area contributed by atoms with Crippen LogP contribution in [0.2, 0.25) is 0 Å². The highest BCUT2D eigenvalue weighted by molar-refractivity contribution is 5.90. The second-order valence-electron chi connectivity index (χ2n) is 6.69. The fourth-order valence-electron chi connectivity index (χ4n) is 4.39. The van der Waals surface area contributed by atoms with E-state index >= 15 is 0 Å². The van der Waals surface area contributed by atoms with Gasteiger partial charge >= 0.3 is 0 Å². The summed E-state index contributed by atoms with van der Waals surface area (Å²) in [5, 5.41) is 3.39. The summed E-state index contributed by atoms with van der Waals surface area (Å²) in [6.45, 7) is 10.0. The van der Waals surface area contributed by atoms with Gasteiger partial charge in [-0.1, -0.05) is 13.8 Å². The van der Waals surface area contributed by atoms with Crippen LogP contribution in [-0.2, 0) is 4.79 Å². The van der Waals surface area contributed by atoms with Crippen molar-refractivity contribution in [1.82, 2.24) is 10.2 Å². The van der Waals surface area contributed by atoms with E-state index < -0.39 is 0 Å². The molecule has 2 atom stereocenters. The minimum atomic E-state index is -0.0188. The lowest BCUT2D eigenvalue weighted by atomic mass is 9.68. The highest BCUT2D eigenvalue weighted by Gasteiger charge is 2.64. The van der Waals surface area contributed by atoms with Crippen LogP contribution in [0.1, 0.15) is 33.1 Å². The smallest absolute Gasteiger partial charge is 0.141 e. The summed E-state index contributed by atoms with van der Waals surface area (Å²) >= 11 is 0. The molecule has 1 N–H and O–H groups in total. The van der Waals surface area contributed by atoms with Gasteiger partial charge in [-0.3, -0.25) is 9.69 Å². The quantitative estimate of drug-likeness (QED) is 0.784. The van der Waals surface area contributed by atoms with Gasteiger partial charge in [0.15, 0.2) is 0 Å². The topological polar surface area (TPSA) is 32.3 Å². The third-order valence-corrected chi connectivity index (χ3v) is 5.84. The van der Waals surface area contributed by atoms with Gasteiger partial charge in [-0.15, -0.1) is 0 Å². The van der Waals surface area contributed by atoms with Crippen LogP contribution < -0.4 is 5.32 Å². The van der Waals surface area contributed by atoms with Crippen molar-refractivity contribution in [1.29, 1.82) is 0 Å². The van der Waals surface area contributed by atoms with E-state index in [0.717, 1.165) is 45.6 Å². The first-order valence-corrected chi connectivity index (χ1v) is 7.03. The molecule has 1 heterocycles. The molecule has 0 aromatic rings. The van der Waals surface area contributed by atoms with Crippen LogP contribution in [0.25, 0.3) is 0 Å². The Hall–Kier alpha value is -0.410. The minimum Gasteiger partial charge on any atom is -0.314 e. The SMILES string of the molecule is CC1(C)C2CCC1(CN1CCNCC1)C(=O)C2. The fourth-order valence-corrected chi connectivity index (χ4v) is 4.39. The normalized spacial score (nSPS) is 41.1. The molecule has 1 saturated heterocycles. The van der Waals surface area contributed by atoms with Crippen molar-refractivity contribution in [3.8, 4) is 0 Å². The third kappa shape index (κ3) is 1.52. The summed E-state index contributed by atoms with van der Waals surface area (Å²) in [6.07, 6.45) is 3.25. The van der Waals surface area contributed by atoms with Crippen LogP contribution in [0.4, 0.5) is 0 Å². The van der Waals surface area contributed by atoms with Gasteiger partial charge < -0.3 is 5.32 Å². The van der Waals surface area contributed by atoms with Gasteiger partial charge in [-0.05, 0) is 24.2 Å². The maximum atomic E-state index is 12.4. The molecule has 96 valence electrons. The van der Waals surface area contributed by atoms with Gasteiger partial charge in [0.1, 0.15) is 5.78 Å². The first-order valence-electron chi connectivity index (χ1n) is 7.03. The number of carbonyl (C=O) groups excluding carboxylic acids is 1. The molecule has 3 rings (SSSR count). The lowest BCUT2D eigenvalue weighted by molar-refractivity contribution is -0.131. The number of hydrogen-bond acceptors (Lipinski definition) is 3. The summed E-state index contributed by atoms with van der Waals surface area (Å²) in [4.78, 5) is 14.9. The zero-order valence-electron chi connectivity index (χ0n) is 11.1. The molecule has 3 aliphatic rings. The number of ketones is 1. The summed E-state index contributed by atoms with van der Waals surface area (Å²) in [5.41, 5.74) is 0.212. The number of fused-ring (bicyclic) bond motifs is 2. The number of Topliss-reactive ketones (excluding diaryl/α,β-unsaturated/α-hetero) is 1. The Balaban J connectivity index is 1.81. The Morgan fingerprint density at radius 1 is 1.35 bits per heavy atom. The lowest BCUT2D eigenvalue weighted by Crippen LogP contribution is -2.52. The summed E-state index contributed by atoms with van der Waals surface area (Å²) in [6, 6.07) is 0. The van der Waals surface area contributed by atoms with E-state index in [-0.39, 0.29) is 10.8 Å². The van der Waals surface area contributed by atoms with E-state index in [0.29, 0.717) is 11.7 Å². The zero-order chi connectivity index (χ0) is 12.1. The van der Waals surface area contributed by atoms with Crippen molar-refractivity contribution in [3.63, 3.8) is 0 Å². The number of rotatable bonds is 2. The van der Waals surface area contributed by atoms with Crippen molar-refractivity contribution in [2.24, 2.45) is 16.7 Å². The average Bonchev–Trinajstić information content (AvgIpc) is 2.64. The summed E-state index contributed by atoms with van der Waals surface area (Å²) < 4.78 is 0. The molecule has 0 spiro atoms. The molecule has 0 amide bonds. The van der Waals surface area contributed by atoms with Crippen molar-refractivity contribution < 1.29 is 4.79 Å². The number of nitrogens with one attached hydrogen (secondary N) is 1. The van der Waals surface area contributed by atoms with E-state index in [9.17, 15) is 4.79 Å². The Morgan fingerprint density at radius 2 is 2.06 bits per heavy atom. The van der Waals surface area contributed by atoms with Gasteiger partial charge in [0.25, 0.3) is 0 Å². The number of hydrogen-bond donors (Lipinski definition) is 1. The molecule has 2 bridgehead atoms. The Morgan fingerprint density at radius 3 is 2.59 bits per heavy atom. The molecule has 3 fully saturated rings. The highest BCUT2D eigenvalue weighted by Crippen LogP contribution is 2.63. The van der Waals surface area contributed by atoms with E-state index in [4.69, 9.17) is 0 Å². The minimum absolute atomic E-state index is 0.0188. The van der Waals surface area contributed by atoms with Crippen molar-refractivity contribution >= 4 is 5.78 Å². The predicted molar refractivity (Wildman–Crippen MR) is 67.9 cm³/mol. The van der Waals surface area contributed by atoms with Crippen LogP contribution in [-0.4, -0.2) is 43.4 Å². The van der Waals surface area contributed by atoms with Crippen LogP contribution in [0, 0.1) is 16.7 Å². The van der Waals surface area contributed by atoms with Gasteiger partial charge in [-0.2, -0.15) is 0 Å². The first-order chi connectivity index (χ1) is 8.06.